The molecule has 1 atom stereocenters. The number of nitrogens with zero attached hydrogens (tertiary/aromatic N) is 2. The number of rotatable bonds is 6. The monoisotopic (exact) mass is 291 g/mol. The van der Waals surface area contributed by atoms with Gasteiger partial charge in [-0.05, 0) is 33.7 Å². The highest BCUT2D eigenvalue weighted by atomic mass is 19.1. The maximum Gasteiger partial charge on any atom is 0.363 e. The van der Waals surface area contributed by atoms with E-state index in [0.29, 0.717) is 12.2 Å². The minimum Gasteiger partial charge on any atom is -0.379 e. The zero-order valence-corrected chi connectivity index (χ0v) is 11.3. The number of aromatic nitrogens is 1. The molecule has 0 bridgehead atoms. The lowest BCUT2D eigenvalue weighted by molar-refractivity contribution is -0.389. The summed E-state index contributed by atoms with van der Waals surface area (Å²) in [6.45, 7) is 0.432. The lowest BCUT2D eigenvalue weighted by Gasteiger charge is -2.16. The molecule has 0 aliphatic heterocycles. The van der Waals surface area contributed by atoms with Crippen LogP contribution in [0.15, 0.2) is 42.6 Å². The fourth-order valence-corrected chi connectivity index (χ4v) is 1.82. The van der Waals surface area contributed by atoms with E-state index >= 15 is 0 Å². The fourth-order valence-electron chi connectivity index (χ4n) is 1.82. The van der Waals surface area contributed by atoms with Crippen molar-refractivity contribution in [3.8, 4) is 0 Å². The third-order valence-electron chi connectivity index (χ3n) is 2.95. The topological polar surface area (TPSA) is 77.3 Å². The molecule has 1 aromatic heterocycles. The van der Waals surface area contributed by atoms with Gasteiger partial charge in [0.25, 0.3) is 0 Å². The molecule has 0 fully saturated rings. The Balaban J connectivity index is 1.99. The summed E-state index contributed by atoms with van der Waals surface area (Å²) in [6.07, 6.45) is 1.12. The standard InChI is InChI=1S/C14H14FN3O3/c1-21-13(10-2-4-11(15)5-3-10)9-16-12-6-7-14(17-8-12)18(19)20/h2-8,13,16H,9H2,1H3/t13-/m0/s1. The van der Waals surface area contributed by atoms with E-state index in [9.17, 15) is 14.5 Å². The first kappa shape index (κ1) is 14.9. The largest absolute Gasteiger partial charge is 0.379 e. The molecule has 21 heavy (non-hydrogen) atoms. The number of hydrogen-bond donors (Lipinski definition) is 1. The highest BCUT2D eigenvalue weighted by molar-refractivity contribution is 5.43. The first-order valence-electron chi connectivity index (χ1n) is 6.22. The lowest BCUT2D eigenvalue weighted by Crippen LogP contribution is -2.14. The van der Waals surface area contributed by atoms with Gasteiger partial charge < -0.3 is 20.2 Å². The predicted octanol–water partition coefficient (Wildman–Crippen LogP) is 2.93. The minimum absolute atomic E-state index is 0.206. The highest BCUT2D eigenvalue weighted by Gasteiger charge is 2.11. The first-order valence-corrected chi connectivity index (χ1v) is 6.22. The van der Waals surface area contributed by atoms with Crippen LogP contribution in [0.3, 0.4) is 0 Å². The van der Waals surface area contributed by atoms with Crippen molar-refractivity contribution in [2.45, 2.75) is 6.10 Å². The van der Waals surface area contributed by atoms with E-state index in [2.05, 4.69) is 10.3 Å². The fraction of sp³-hybridized carbons (Fsp3) is 0.214. The maximum atomic E-state index is 12.9. The summed E-state index contributed by atoms with van der Waals surface area (Å²) in [7, 11) is 1.56. The van der Waals surface area contributed by atoms with E-state index in [1.165, 1.54) is 24.4 Å². The van der Waals surface area contributed by atoms with Crippen LogP contribution in [0.25, 0.3) is 0 Å². The summed E-state index contributed by atoms with van der Waals surface area (Å²) in [5, 5.41) is 13.6. The van der Waals surface area contributed by atoms with Crippen molar-refractivity contribution in [2.75, 3.05) is 19.0 Å². The maximum absolute atomic E-state index is 12.9. The van der Waals surface area contributed by atoms with Crippen molar-refractivity contribution >= 4 is 11.5 Å². The van der Waals surface area contributed by atoms with Gasteiger partial charge in [-0.1, -0.05) is 12.1 Å². The first-order chi connectivity index (χ1) is 10.1. The summed E-state index contributed by atoms with van der Waals surface area (Å²) < 4.78 is 18.2. The Bertz CT molecular complexity index is 602. The van der Waals surface area contributed by atoms with Crippen LogP contribution in [0.2, 0.25) is 0 Å². The molecule has 0 unspecified atom stereocenters. The Morgan fingerprint density at radius 3 is 2.57 bits per heavy atom. The molecule has 0 saturated heterocycles. The van der Waals surface area contributed by atoms with E-state index in [1.54, 1.807) is 25.3 Å². The van der Waals surface area contributed by atoms with E-state index in [0.717, 1.165) is 5.56 Å². The third-order valence-corrected chi connectivity index (χ3v) is 2.95. The number of halogens is 1. The third kappa shape index (κ3) is 3.96. The summed E-state index contributed by atoms with van der Waals surface area (Å²) in [5.41, 5.74) is 1.48. The number of hydrogen-bond acceptors (Lipinski definition) is 5. The van der Waals surface area contributed by atoms with Crippen LogP contribution < -0.4 is 5.32 Å². The molecule has 0 aliphatic rings. The van der Waals surface area contributed by atoms with Crippen molar-refractivity contribution in [3.63, 3.8) is 0 Å². The van der Waals surface area contributed by atoms with Crippen LogP contribution in [-0.2, 0) is 4.74 Å². The van der Waals surface area contributed by atoms with Gasteiger partial charge in [0.2, 0.25) is 0 Å². The molecule has 0 spiro atoms. The van der Waals surface area contributed by atoms with Gasteiger partial charge in [-0.2, -0.15) is 0 Å². The molecule has 6 nitrogen and oxygen atoms in total. The molecule has 110 valence electrons. The van der Waals surface area contributed by atoms with Gasteiger partial charge in [-0.3, -0.25) is 0 Å². The Kier molecular flexibility index (Phi) is 4.78. The van der Waals surface area contributed by atoms with Gasteiger partial charge in [-0.15, -0.1) is 0 Å². The SMILES string of the molecule is CO[C@@H](CNc1ccc([N+](=O)[O-])nc1)c1ccc(F)cc1. The van der Waals surface area contributed by atoms with Gasteiger partial charge in [0.05, 0.1) is 11.8 Å². The molecule has 2 rings (SSSR count). The molecule has 0 radical (unpaired) electrons. The second-order valence-corrected chi connectivity index (χ2v) is 4.32. The van der Waals surface area contributed by atoms with E-state index in [-0.39, 0.29) is 17.7 Å². The molecular weight excluding hydrogens is 277 g/mol. The smallest absolute Gasteiger partial charge is 0.363 e. The van der Waals surface area contributed by atoms with Crippen LogP contribution in [0, 0.1) is 15.9 Å². The Labute approximate surface area is 120 Å². The van der Waals surface area contributed by atoms with Gasteiger partial charge in [0.1, 0.15) is 5.82 Å². The zero-order valence-electron chi connectivity index (χ0n) is 11.3. The molecule has 0 saturated carbocycles. The summed E-state index contributed by atoms with van der Waals surface area (Å²) in [6, 6.07) is 8.94. The normalized spacial score (nSPS) is 11.9. The van der Waals surface area contributed by atoms with E-state index < -0.39 is 4.92 Å². The van der Waals surface area contributed by atoms with Crippen LogP contribution in [0.1, 0.15) is 11.7 Å². The number of methoxy groups -OCH3 is 1. The second kappa shape index (κ2) is 6.76. The van der Waals surface area contributed by atoms with Gasteiger partial charge >= 0.3 is 5.82 Å². The molecule has 1 N–H and O–H groups in total. The van der Waals surface area contributed by atoms with Crippen molar-refractivity contribution in [1.29, 1.82) is 0 Å². The van der Waals surface area contributed by atoms with Crippen LogP contribution in [0.4, 0.5) is 15.9 Å². The minimum atomic E-state index is -0.555. The van der Waals surface area contributed by atoms with Crippen LogP contribution in [-0.4, -0.2) is 23.6 Å². The number of anilines is 1. The average Bonchev–Trinajstić information content (AvgIpc) is 2.50. The van der Waals surface area contributed by atoms with Crippen molar-refractivity contribution in [1.82, 2.24) is 4.98 Å². The molecule has 0 amide bonds. The molecule has 2 aromatic rings. The quantitative estimate of drug-likeness (QED) is 0.654. The van der Waals surface area contributed by atoms with Crippen LogP contribution in [0.5, 0.6) is 0 Å². The number of nitro groups is 1. The predicted molar refractivity (Wildman–Crippen MR) is 75.5 cm³/mol. The van der Waals surface area contributed by atoms with E-state index in [1.807, 2.05) is 0 Å². The summed E-state index contributed by atoms with van der Waals surface area (Å²) >= 11 is 0. The summed E-state index contributed by atoms with van der Waals surface area (Å²) in [4.78, 5) is 13.7. The van der Waals surface area contributed by atoms with Crippen molar-refractivity contribution < 1.29 is 14.1 Å². The number of ether oxygens (including phenoxy) is 1. The van der Waals surface area contributed by atoms with Gasteiger partial charge in [0.15, 0.2) is 6.20 Å². The Morgan fingerprint density at radius 1 is 1.33 bits per heavy atom. The number of pyridine rings is 1. The van der Waals surface area contributed by atoms with Gasteiger partial charge in [-0.25, -0.2) is 4.39 Å². The average molecular weight is 291 g/mol. The van der Waals surface area contributed by atoms with Crippen molar-refractivity contribution in [2.24, 2.45) is 0 Å². The van der Waals surface area contributed by atoms with Crippen LogP contribution >= 0.6 is 0 Å². The van der Waals surface area contributed by atoms with Gasteiger partial charge in [0, 0.05) is 19.7 Å². The molecule has 1 heterocycles. The molecule has 1 aromatic carbocycles. The molecule has 7 heteroatoms. The molecule has 0 aliphatic carbocycles. The highest BCUT2D eigenvalue weighted by Crippen LogP contribution is 2.19. The summed E-state index contributed by atoms with van der Waals surface area (Å²) in [5.74, 6) is -0.511. The Hall–Kier alpha value is -2.54. The van der Waals surface area contributed by atoms with E-state index in [4.69, 9.17) is 4.74 Å². The number of nitrogens with one attached hydrogen (secondary N) is 1. The number of benzene rings is 1. The second-order valence-electron chi connectivity index (χ2n) is 4.32. The lowest BCUT2D eigenvalue weighted by atomic mass is 10.1. The van der Waals surface area contributed by atoms with Crippen molar-refractivity contribution in [3.05, 3.63) is 64.1 Å². The zero-order chi connectivity index (χ0) is 15.2. The molecular formula is C14H14FN3O3. The Morgan fingerprint density at radius 2 is 2.05 bits per heavy atom.